The number of aryl methyl sites for hydroxylation is 1. The van der Waals surface area contributed by atoms with Crippen LogP contribution < -0.4 is 5.73 Å². The Kier molecular flexibility index (Phi) is 7.84. The number of nitro benzene ring substituents is 1. The molecule has 9 heteroatoms. The lowest BCUT2D eigenvalue weighted by Crippen LogP contribution is -1.98. The average Bonchev–Trinajstić information content (AvgIpc) is 3.03. The number of hydrogen-bond donors (Lipinski definition) is 2. The minimum absolute atomic E-state index is 0.00981. The average molecular weight is 320 g/mol. The molecular formula is C14H17FN6O2. The number of nitrogens with zero attached hydrogens (tertiary/aromatic N) is 4. The van der Waals surface area contributed by atoms with Gasteiger partial charge in [0.1, 0.15) is 0 Å². The van der Waals surface area contributed by atoms with Crippen LogP contribution in [0.2, 0.25) is 0 Å². The van der Waals surface area contributed by atoms with Crippen LogP contribution in [0.4, 0.5) is 15.8 Å². The van der Waals surface area contributed by atoms with E-state index in [0.717, 1.165) is 37.6 Å². The van der Waals surface area contributed by atoms with Crippen molar-refractivity contribution in [1.29, 1.82) is 0 Å². The summed E-state index contributed by atoms with van der Waals surface area (Å²) in [4.78, 5) is 14.9. The lowest BCUT2D eigenvalue weighted by molar-refractivity contribution is -0.387. The molecular weight excluding hydrogens is 303 g/mol. The fourth-order valence-corrected chi connectivity index (χ4v) is 1.74. The number of azide groups is 1. The molecule has 0 fully saturated rings. The summed E-state index contributed by atoms with van der Waals surface area (Å²) in [6, 6.07) is 7.04. The van der Waals surface area contributed by atoms with Gasteiger partial charge < -0.3 is 10.7 Å². The number of halogens is 1. The summed E-state index contributed by atoms with van der Waals surface area (Å²) in [5.41, 5.74) is 14.0. The Morgan fingerprint density at radius 1 is 1.39 bits per heavy atom. The minimum atomic E-state index is -0.957. The third-order valence-corrected chi connectivity index (χ3v) is 2.85. The van der Waals surface area contributed by atoms with E-state index in [-0.39, 0.29) is 5.69 Å². The molecule has 0 saturated heterocycles. The lowest BCUT2D eigenvalue weighted by Gasteiger charge is -1.94. The summed E-state index contributed by atoms with van der Waals surface area (Å²) in [5, 5.41) is 13.3. The van der Waals surface area contributed by atoms with Crippen LogP contribution in [0, 0.1) is 15.9 Å². The molecule has 0 unspecified atom stereocenters. The smallest absolute Gasteiger partial charge is 0.305 e. The van der Waals surface area contributed by atoms with Gasteiger partial charge >= 0.3 is 5.69 Å². The van der Waals surface area contributed by atoms with Crippen molar-refractivity contribution >= 4 is 11.4 Å². The van der Waals surface area contributed by atoms with Crippen molar-refractivity contribution in [2.45, 2.75) is 19.3 Å². The van der Waals surface area contributed by atoms with Crippen LogP contribution in [-0.2, 0) is 6.42 Å². The van der Waals surface area contributed by atoms with Gasteiger partial charge in [0.25, 0.3) is 0 Å². The zero-order chi connectivity index (χ0) is 17.1. The van der Waals surface area contributed by atoms with Crippen LogP contribution in [0.5, 0.6) is 0 Å². The topological polar surface area (TPSA) is 134 Å². The molecule has 3 N–H and O–H groups in total. The van der Waals surface area contributed by atoms with Gasteiger partial charge in [0.15, 0.2) is 0 Å². The molecule has 2 rings (SSSR count). The number of nitrogens with two attached hydrogens (primary N) is 1. The van der Waals surface area contributed by atoms with E-state index in [1.54, 1.807) is 0 Å². The molecule has 8 nitrogen and oxygen atoms in total. The van der Waals surface area contributed by atoms with Crippen molar-refractivity contribution < 1.29 is 9.31 Å². The number of benzene rings is 1. The summed E-state index contributed by atoms with van der Waals surface area (Å²) in [6.45, 7) is 0.806. The van der Waals surface area contributed by atoms with Gasteiger partial charge in [-0.1, -0.05) is 5.11 Å². The zero-order valence-corrected chi connectivity index (χ0v) is 12.4. The van der Waals surface area contributed by atoms with Crippen molar-refractivity contribution in [1.82, 2.24) is 4.98 Å². The third-order valence-electron chi connectivity index (χ3n) is 2.85. The maximum atomic E-state index is 12.7. The molecule has 0 atom stereocenters. The van der Waals surface area contributed by atoms with Crippen molar-refractivity contribution in [2.75, 3.05) is 6.54 Å². The molecule has 1 heterocycles. The standard InChI is InChI=1S/C8H14N2.C6H3FN4O2/c9-6-2-1-4-8-5-3-7-10-8;7-5-2-1-4(9-10-8)3-6(5)11(12)13/h3,5,7,10H,1-2,4,6,9H2;1-3H. The van der Waals surface area contributed by atoms with Gasteiger partial charge in [-0.15, -0.1) is 0 Å². The quantitative estimate of drug-likeness (QED) is 0.208. The number of aromatic nitrogens is 1. The predicted octanol–water partition coefficient (Wildman–Crippen LogP) is 3.97. The number of rotatable bonds is 6. The summed E-state index contributed by atoms with van der Waals surface area (Å²) >= 11 is 0. The summed E-state index contributed by atoms with van der Waals surface area (Å²) < 4.78 is 12.7. The van der Waals surface area contributed by atoms with Gasteiger partial charge in [0, 0.05) is 28.6 Å². The molecule has 0 bridgehead atoms. The first-order valence-electron chi connectivity index (χ1n) is 6.90. The Morgan fingerprint density at radius 2 is 2.17 bits per heavy atom. The van der Waals surface area contributed by atoms with Crippen molar-refractivity contribution in [3.05, 3.63) is 68.6 Å². The van der Waals surface area contributed by atoms with Crippen molar-refractivity contribution in [2.24, 2.45) is 10.8 Å². The third kappa shape index (κ3) is 6.60. The lowest BCUT2D eigenvalue weighted by atomic mass is 10.2. The monoisotopic (exact) mass is 320 g/mol. The van der Waals surface area contributed by atoms with Crippen molar-refractivity contribution in [3.8, 4) is 0 Å². The van der Waals surface area contributed by atoms with E-state index in [0.29, 0.717) is 0 Å². The molecule has 0 aliphatic rings. The Bertz CT molecular complexity index is 668. The molecule has 0 saturated carbocycles. The van der Waals surface area contributed by atoms with Gasteiger partial charge in [-0.05, 0) is 55.6 Å². The van der Waals surface area contributed by atoms with Gasteiger partial charge in [0.2, 0.25) is 5.82 Å². The Morgan fingerprint density at radius 3 is 2.74 bits per heavy atom. The molecule has 122 valence electrons. The Labute approximate surface area is 131 Å². The van der Waals surface area contributed by atoms with Crippen LogP contribution in [-0.4, -0.2) is 16.5 Å². The second-order valence-corrected chi connectivity index (χ2v) is 4.52. The van der Waals surface area contributed by atoms with Crippen molar-refractivity contribution in [3.63, 3.8) is 0 Å². The number of nitro groups is 1. The molecule has 2 aromatic rings. The highest BCUT2D eigenvalue weighted by molar-refractivity contribution is 5.47. The normalized spacial score (nSPS) is 9.48. The van der Waals surface area contributed by atoms with E-state index < -0.39 is 16.4 Å². The fourth-order valence-electron chi connectivity index (χ4n) is 1.74. The maximum Gasteiger partial charge on any atom is 0.305 e. The first kappa shape index (κ1) is 18.1. The van der Waals surface area contributed by atoms with Gasteiger partial charge in [-0.2, -0.15) is 4.39 Å². The van der Waals surface area contributed by atoms with E-state index in [4.69, 9.17) is 11.3 Å². The number of H-pyrrole nitrogens is 1. The molecule has 0 radical (unpaired) electrons. The number of nitrogens with one attached hydrogen (secondary N) is 1. The molecule has 0 aliphatic heterocycles. The van der Waals surface area contributed by atoms with Crippen LogP contribution in [0.15, 0.2) is 41.6 Å². The number of aromatic amines is 1. The molecule has 0 aliphatic carbocycles. The molecule has 0 amide bonds. The highest BCUT2D eigenvalue weighted by atomic mass is 19.1. The van der Waals surface area contributed by atoms with E-state index in [2.05, 4.69) is 21.1 Å². The van der Waals surface area contributed by atoms with Crippen LogP contribution in [0.1, 0.15) is 18.5 Å². The highest BCUT2D eigenvalue weighted by Crippen LogP contribution is 2.23. The molecule has 1 aromatic carbocycles. The van der Waals surface area contributed by atoms with Gasteiger partial charge in [0.05, 0.1) is 4.92 Å². The molecule has 23 heavy (non-hydrogen) atoms. The fraction of sp³-hybridized carbons (Fsp3) is 0.286. The van der Waals surface area contributed by atoms with E-state index in [9.17, 15) is 14.5 Å². The predicted molar refractivity (Wildman–Crippen MR) is 84.6 cm³/mol. The van der Waals surface area contributed by atoms with E-state index in [1.807, 2.05) is 12.3 Å². The Hall–Kier alpha value is -2.90. The van der Waals surface area contributed by atoms with Crippen LogP contribution >= 0.6 is 0 Å². The second-order valence-electron chi connectivity index (χ2n) is 4.52. The largest absolute Gasteiger partial charge is 0.365 e. The summed E-state index contributed by atoms with van der Waals surface area (Å²) in [7, 11) is 0. The summed E-state index contributed by atoms with van der Waals surface area (Å²) in [5.74, 6) is -0.957. The first-order valence-corrected chi connectivity index (χ1v) is 6.90. The molecule has 0 spiro atoms. The SMILES string of the molecule is NCCCCc1ccc[nH]1.[N-]=[N+]=Nc1ccc(F)c([N+](=O)[O-])c1. The number of unbranched alkanes of at least 4 members (excludes halogenated alkanes) is 1. The maximum absolute atomic E-state index is 12.7. The van der Waals surface area contributed by atoms with Gasteiger partial charge in [-0.3, -0.25) is 10.1 Å². The highest BCUT2D eigenvalue weighted by Gasteiger charge is 2.13. The van der Waals surface area contributed by atoms with Gasteiger partial charge in [-0.25, -0.2) is 0 Å². The molecule has 1 aromatic heterocycles. The van der Waals surface area contributed by atoms with Crippen LogP contribution in [0.25, 0.3) is 10.4 Å². The van der Waals surface area contributed by atoms with Crippen LogP contribution in [0.3, 0.4) is 0 Å². The zero-order valence-electron chi connectivity index (χ0n) is 12.4. The minimum Gasteiger partial charge on any atom is -0.365 e. The second kappa shape index (κ2) is 9.93. The summed E-state index contributed by atoms with van der Waals surface area (Å²) in [6.07, 6.45) is 5.40. The van der Waals surface area contributed by atoms with E-state index >= 15 is 0 Å². The number of hydrogen-bond acceptors (Lipinski definition) is 4. The van der Waals surface area contributed by atoms with E-state index in [1.165, 1.54) is 12.1 Å². The first-order chi connectivity index (χ1) is 11.1. The Balaban J connectivity index is 0.000000238.